The molecule has 0 N–H and O–H groups in total. The van der Waals surface area contributed by atoms with Crippen LogP contribution in [0.3, 0.4) is 0 Å². The molecule has 1 fully saturated rings. The molecule has 1 aliphatic carbocycles. The predicted molar refractivity (Wildman–Crippen MR) is 78.5 cm³/mol. The average molecular weight is 363 g/mol. The van der Waals surface area contributed by atoms with E-state index in [1.54, 1.807) is 6.07 Å². The minimum atomic E-state index is -3.55. The summed E-state index contributed by atoms with van der Waals surface area (Å²) in [5.74, 6) is 0. The Morgan fingerprint density at radius 3 is 2.63 bits per heavy atom. The van der Waals surface area contributed by atoms with Crippen molar-refractivity contribution >= 4 is 37.3 Å². The Morgan fingerprint density at radius 2 is 2.16 bits per heavy atom. The molecule has 1 aromatic heterocycles. The summed E-state index contributed by atoms with van der Waals surface area (Å²) in [5.41, 5.74) is 0.909. The molecule has 0 radical (unpaired) electrons. The fourth-order valence-electron chi connectivity index (χ4n) is 2.35. The second kappa shape index (κ2) is 5.92. The number of thiophene rings is 1. The lowest BCUT2D eigenvalue weighted by Gasteiger charge is -2.24. The molecule has 0 aliphatic heterocycles. The van der Waals surface area contributed by atoms with Gasteiger partial charge >= 0.3 is 0 Å². The van der Waals surface area contributed by atoms with Crippen LogP contribution in [0.15, 0.2) is 14.1 Å². The van der Waals surface area contributed by atoms with E-state index in [1.807, 2.05) is 13.0 Å². The highest BCUT2D eigenvalue weighted by molar-refractivity contribution is 9.11. The molecule has 2 rings (SSSR count). The molecule has 1 heterocycles. The smallest absolute Gasteiger partial charge is 0.206 e. The quantitative estimate of drug-likeness (QED) is 0.772. The average Bonchev–Trinajstić information content (AvgIpc) is 2.97. The first-order valence-corrected chi connectivity index (χ1v) is 9.16. The van der Waals surface area contributed by atoms with Crippen LogP contribution in [-0.4, -0.2) is 25.3 Å². The van der Waals surface area contributed by atoms with E-state index in [9.17, 15) is 8.42 Å². The Labute approximate surface area is 126 Å². The van der Waals surface area contributed by atoms with Crippen molar-refractivity contribution < 1.29 is 8.42 Å². The Bertz CT molecular complexity index is 578. The van der Waals surface area contributed by atoms with Gasteiger partial charge in [0.2, 0.25) is 0 Å². The first-order chi connectivity index (χ1) is 8.96. The van der Waals surface area contributed by atoms with Gasteiger partial charge in [-0.25, -0.2) is 8.42 Å². The molecule has 0 spiro atoms. The summed E-state index contributed by atoms with van der Waals surface area (Å²) in [6.45, 7) is 1.80. The van der Waals surface area contributed by atoms with Gasteiger partial charge < -0.3 is 0 Å². The van der Waals surface area contributed by atoms with Gasteiger partial charge in [0.05, 0.1) is 9.86 Å². The molecule has 19 heavy (non-hydrogen) atoms. The third kappa shape index (κ3) is 3.02. The summed E-state index contributed by atoms with van der Waals surface area (Å²) >= 11 is 4.56. The molecule has 0 unspecified atom stereocenters. The fourth-order valence-corrected chi connectivity index (χ4v) is 6.28. The Morgan fingerprint density at radius 1 is 1.53 bits per heavy atom. The monoisotopic (exact) mass is 362 g/mol. The van der Waals surface area contributed by atoms with Crippen molar-refractivity contribution in [1.82, 2.24) is 4.31 Å². The van der Waals surface area contributed by atoms with Gasteiger partial charge in [-0.05, 0) is 47.3 Å². The first kappa shape index (κ1) is 15.0. The van der Waals surface area contributed by atoms with Gasteiger partial charge in [-0.2, -0.15) is 9.57 Å². The van der Waals surface area contributed by atoms with Crippen LogP contribution < -0.4 is 0 Å². The molecule has 0 bridgehead atoms. The minimum absolute atomic E-state index is 0.0224. The zero-order chi connectivity index (χ0) is 14.0. The van der Waals surface area contributed by atoms with Crippen LogP contribution in [0.2, 0.25) is 0 Å². The van der Waals surface area contributed by atoms with Crippen LogP contribution >= 0.6 is 27.3 Å². The number of rotatable bonds is 4. The summed E-state index contributed by atoms with van der Waals surface area (Å²) in [4.78, 5) is 0. The number of hydrogen-bond donors (Lipinski definition) is 0. The van der Waals surface area contributed by atoms with Crippen LogP contribution in [0.5, 0.6) is 0 Å². The standard InChI is InChI=1S/C12H15BrN2O2S2/c1-9-8-11(18-12(9)13)19(16,17)15(7-6-14)10-4-2-3-5-10/h8,10H,2-5,7H2,1H3. The topological polar surface area (TPSA) is 61.2 Å². The molecule has 0 amide bonds. The molecular weight excluding hydrogens is 348 g/mol. The van der Waals surface area contributed by atoms with Crippen LogP contribution in [-0.2, 0) is 10.0 Å². The number of halogens is 1. The third-order valence-corrected chi connectivity index (χ3v) is 7.84. The molecule has 0 aromatic carbocycles. The maximum Gasteiger partial charge on any atom is 0.253 e. The zero-order valence-corrected chi connectivity index (χ0v) is 13.8. The van der Waals surface area contributed by atoms with Gasteiger partial charge in [-0.15, -0.1) is 11.3 Å². The van der Waals surface area contributed by atoms with Gasteiger partial charge in [0.25, 0.3) is 10.0 Å². The van der Waals surface area contributed by atoms with Gasteiger partial charge in [-0.3, -0.25) is 0 Å². The Balaban J connectivity index is 2.36. The van der Waals surface area contributed by atoms with E-state index in [0.717, 1.165) is 35.0 Å². The lowest BCUT2D eigenvalue weighted by molar-refractivity contribution is 0.351. The van der Waals surface area contributed by atoms with Crippen molar-refractivity contribution in [3.63, 3.8) is 0 Å². The summed E-state index contributed by atoms with van der Waals surface area (Å²) < 4.78 is 27.8. The van der Waals surface area contributed by atoms with Crippen molar-refractivity contribution in [2.75, 3.05) is 6.54 Å². The van der Waals surface area contributed by atoms with E-state index in [2.05, 4.69) is 15.9 Å². The van der Waals surface area contributed by atoms with Gasteiger partial charge in [0.1, 0.15) is 10.8 Å². The second-order valence-corrected chi connectivity index (χ2v) is 9.16. The van der Waals surface area contributed by atoms with E-state index in [-0.39, 0.29) is 12.6 Å². The van der Waals surface area contributed by atoms with Gasteiger partial charge in [-0.1, -0.05) is 12.8 Å². The number of aryl methyl sites for hydroxylation is 1. The first-order valence-electron chi connectivity index (χ1n) is 6.11. The summed E-state index contributed by atoms with van der Waals surface area (Å²) in [6.07, 6.45) is 3.78. The highest BCUT2D eigenvalue weighted by Gasteiger charge is 2.34. The van der Waals surface area contributed by atoms with Crippen LogP contribution in [0.4, 0.5) is 0 Å². The van der Waals surface area contributed by atoms with Crippen molar-refractivity contribution in [1.29, 1.82) is 5.26 Å². The highest BCUT2D eigenvalue weighted by atomic mass is 79.9. The molecule has 1 aromatic rings. The Hall–Kier alpha value is -0.420. The lowest BCUT2D eigenvalue weighted by atomic mass is 10.2. The number of nitrogens with zero attached hydrogens (tertiary/aromatic N) is 2. The largest absolute Gasteiger partial charge is 0.253 e. The highest BCUT2D eigenvalue weighted by Crippen LogP contribution is 2.35. The fraction of sp³-hybridized carbons (Fsp3) is 0.583. The molecule has 1 aliphatic rings. The van der Waals surface area contributed by atoms with Gasteiger partial charge in [0, 0.05) is 6.04 Å². The second-order valence-electron chi connectivity index (χ2n) is 4.67. The molecule has 104 valence electrons. The predicted octanol–water partition coefficient (Wildman–Crippen LogP) is 3.28. The molecular formula is C12H15BrN2O2S2. The molecule has 1 saturated carbocycles. The SMILES string of the molecule is Cc1cc(S(=O)(=O)N(CC#N)C2CCCC2)sc1Br. The van der Waals surface area contributed by atoms with E-state index >= 15 is 0 Å². The number of hydrogen-bond acceptors (Lipinski definition) is 4. The number of nitriles is 1. The minimum Gasteiger partial charge on any atom is -0.206 e. The van der Waals surface area contributed by atoms with E-state index in [0.29, 0.717) is 4.21 Å². The maximum absolute atomic E-state index is 12.6. The van der Waals surface area contributed by atoms with E-state index < -0.39 is 10.0 Å². The molecule has 0 atom stereocenters. The van der Waals surface area contributed by atoms with E-state index in [1.165, 1.54) is 15.6 Å². The molecule has 0 saturated heterocycles. The summed E-state index contributed by atoms with van der Waals surface area (Å²) in [7, 11) is -3.55. The lowest BCUT2D eigenvalue weighted by Crippen LogP contribution is -2.38. The summed E-state index contributed by atoms with van der Waals surface area (Å²) in [5, 5.41) is 8.91. The van der Waals surface area contributed by atoms with Crippen molar-refractivity contribution in [2.45, 2.75) is 42.9 Å². The molecule has 7 heteroatoms. The van der Waals surface area contributed by atoms with Crippen molar-refractivity contribution in [3.05, 3.63) is 15.4 Å². The van der Waals surface area contributed by atoms with Crippen molar-refractivity contribution in [3.8, 4) is 6.07 Å². The normalized spacial score (nSPS) is 16.9. The zero-order valence-electron chi connectivity index (χ0n) is 10.6. The third-order valence-electron chi connectivity index (χ3n) is 3.36. The van der Waals surface area contributed by atoms with Crippen LogP contribution in [0.25, 0.3) is 0 Å². The molecule has 4 nitrogen and oxygen atoms in total. The maximum atomic E-state index is 12.6. The van der Waals surface area contributed by atoms with E-state index in [4.69, 9.17) is 5.26 Å². The number of sulfonamides is 1. The van der Waals surface area contributed by atoms with Crippen LogP contribution in [0, 0.1) is 18.3 Å². The van der Waals surface area contributed by atoms with Gasteiger partial charge in [0.15, 0.2) is 0 Å². The van der Waals surface area contributed by atoms with Crippen LogP contribution in [0.1, 0.15) is 31.2 Å². The van der Waals surface area contributed by atoms with Crippen molar-refractivity contribution in [2.24, 2.45) is 0 Å². The Kier molecular flexibility index (Phi) is 4.66. The summed E-state index contributed by atoms with van der Waals surface area (Å²) in [6, 6.07) is 3.63.